The van der Waals surface area contributed by atoms with Crippen molar-refractivity contribution in [3.63, 3.8) is 0 Å². The Kier molecular flexibility index (Phi) is 4.94. The zero-order chi connectivity index (χ0) is 23.2. The van der Waals surface area contributed by atoms with Crippen molar-refractivity contribution in [3.8, 4) is 22.6 Å². The predicted octanol–water partition coefficient (Wildman–Crippen LogP) is 4.78. The van der Waals surface area contributed by atoms with Crippen LogP contribution in [0.15, 0.2) is 42.5 Å². The summed E-state index contributed by atoms with van der Waals surface area (Å²) in [5.74, 6) is 1.66. The third kappa shape index (κ3) is 3.29. The fraction of sp³-hybridized carbons (Fsp3) is 0.308. The van der Waals surface area contributed by atoms with Crippen LogP contribution in [0.5, 0.6) is 0 Å². The van der Waals surface area contributed by atoms with Crippen molar-refractivity contribution in [2.45, 2.75) is 52.5 Å². The minimum Gasteiger partial charge on any atom is -0.305 e. The van der Waals surface area contributed by atoms with Gasteiger partial charge in [0, 0.05) is 28.9 Å². The second-order valence-corrected chi connectivity index (χ2v) is 8.93. The van der Waals surface area contributed by atoms with Gasteiger partial charge in [0.15, 0.2) is 5.65 Å². The van der Waals surface area contributed by atoms with Gasteiger partial charge in [-0.05, 0) is 61.6 Å². The zero-order valence-electron chi connectivity index (χ0n) is 19.6. The van der Waals surface area contributed by atoms with E-state index < -0.39 is 0 Å². The first-order valence-electron chi connectivity index (χ1n) is 11.8. The molecule has 0 saturated heterocycles. The van der Waals surface area contributed by atoms with Crippen LogP contribution >= 0.6 is 0 Å². The van der Waals surface area contributed by atoms with Gasteiger partial charge in [-0.3, -0.25) is 4.98 Å². The molecule has 1 aliphatic rings. The van der Waals surface area contributed by atoms with Crippen LogP contribution in [-0.2, 0) is 12.8 Å². The smallest absolute Gasteiger partial charge is 0.205 e. The summed E-state index contributed by atoms with van der Waals surface area (Å²) in [6, 6.07) is 14.7. The highest BCUT2D eigenvalue weighted by Crippen LogP contribution is 2.38. The van der Waals surface area contributed by atoms with E-state index in [1.165, 1.54) is 11.1 Å². The molecule has 4 aromatic heterocycles. The van der Waals surface area contributed by atoms with Gasteiger partial charge >= 0.3 is 0 Å². The highest BCUT2D eigenvalue weighted by Gasteiger charge is 2.28. The highest BCUT2D eigenvalue weighted by atomic mass is 15.5. The molecule has 1 N–H and O–H groups in total. The summed E-state index contributed by atoms with van der Waals surface area (Å²) in [6.07, 6.45) is 3.96. The second-order valence-electron chi connectivity index (χ2n) is 8.93. The lowest BCUT2D eigenvalue weighted by molar-refractivity contribution is 0.478. The lowest BCUT2D eigenvalue weighted by Crippen LogP contribution is -2.20. The summed E-state index contributed by atoms with van der Waals surface area (Å²) in [4.78, 5) is 15.0. The number of H-pyrrole nitrogens is 1. The van der Waals surface area contributed by atoms with Crippen LogP contribution in [0.1, 0.15) is 54.1 Å². The number of rotatable bonds is 4. The average Bonchev–Trinajstić information content (AvgIpc) is 3.52. The van der Waals surface area contributed by atoms with Crippen molar-refractivity contribution < 1.29 is 0 Å². The Hall–Kier alpha value is -3.94. The molecule has 4 heterocycles. The molecular formula is C26H26N8. The molecule has 1 unspecified atom stereocenters. The molecule has 8 nitrogen and oxygen atoms in total. The van der Waals surface area contributed by atoms with E-state index in [-0.39, 0.29) is 6.04 Å². The van der Waals surface area contributed by atoms with Crippen LogP contribution < -0.4 is 0 Å². The van der Waals surface area contributed by atoms with Crippen molar-refractivity contribution >= 4 is 11.2 Å². The van der Waals surface area contributed by atoms with E-state index in [0.29, 0.717) is 5.82 Å². The lowest BCUT2D eigenvalue weighted by Gasteiger charge is -2.28. The first kappa shape index (κ1) is 20.7. The van der Waals surface area contributed by atoms with Gasteiger partial charge < -0.3 is 4.57 Å². The SMILES string of the molecule is CCc1nc2c(C)cc(C)nc2n1C1CCCc2nc(-c3ccccc3-c3nn[nH]n3)ccc21. The van der Waals surface area contributed by atoms with Gasteiger partial charge in [0.2, 0.25) is 5.82 Å². The Bertz CT molecular complexity index is 1500. The lowest BCUT2D eigenvalue weighted by atomic mass is 9.89. The van der Waals surface area contributed by atoms with Crippen LogP contribution in [-0.4, -0.2) is 40.1 Å². The van der Waals surface area contributed by atoms with Crippen molar-refractivity contribution in [2.24, 2.45) is 0 Å². The Balaban J connectivity index is 1.48. The molecule has 0 radical (unpaired) electrons. The minimum absolute atomic E-state index is 0.186. The van der Waals surface area contributed by atoms with Crippen molar-refractivity contribution in [2.75, 3.05) is 0 Å². The quantitative estimate of drug-likeness (QED) is 0.423. The number of nitrogens with zero attached hydrogens (tertiary/aromatic N) is 7. The van der Waals surface area contributed by atoms with E-state index in [1.54, 1.807) is 0 Å². The maximum atomic E-state index is 5.14. The van der Waals surface area contributed by atoms with E-state index in [2.05, 4.69) is 70.2 Å². The van der Waals surface area contributed by atoms with E-state index in [0.717, 1.165) is 70.9 Å². The maximum Gasteiger partial charge on any atom is 0.205 e. The van der Waals surface area contributed by atoms with E-state index in [4.69, 9.17) is 15.0 Å². The number of hydrogen-bond donors (Lipinski definition) is 1. The monoisotopic (exact) mass is 450 g/mol. The van der Waals surface area contributed by atoms with Crippen LogP contribution in [0.3, 0.4) is 0 Å². The summed E-state index contributed by atoms with van der Waals surface area (Å²) in [6.45, 7) is 6.34. The van der Waals surface area contributed by atoms with Crippen molar-refractivity contribution in [3.05, 3.63) is 70.8 Å². The molecule has 0 saturated carbocycles. The van der Waals surface area contributed by atoms with Crippen LogP contribution in [0.25, 0.3) is 33.8 Å². The number of aromatic nitrogens is 8. The Morgan fingerprint density at radius 1 is 1.03 bits per heavy atom. The molecule has 0 amide bonds. The number of aryl methyl sites for hydroxylation is 4. The summed E-state index contributed by atoms with van der Waals surface area (Å²) in [5, 5.41) is 14.6. The molecule has 34 heavy (non-hydrogen) atoms. The van der Waals surface area contributed by atoms with Crippen LogP contribution in [0, 0.1) is 13.8 Å². The van der Waals surface area contributed by atoms with Gasteiger partial charge in [0.1, 0.15) is 11.3 Å². The minimum atomic E-state index is 0.186. The van der Waals surface area contributed by atoms with E-state index >= 15 is 0 Å². The average molecular weight is 451 g/mol. The van der Waals surface area contributed by atoms with Gasteiger partial charge in [-0.2, -0.15) is 5.21 Å². The molecule has 1 aliphatic carbocycles. The fourth-order valence-corrected chi connectivity index (χ4v) is 5.23. The molecule has 170 valence electrons. The molecule has 0 aliphatic heterocycles. The molecule has 1 aromatic carbocycles. The fourth-order valence-electron chi connectivity index (χ4n) is 5.23. The van der Waals surface area contributed by atoms with Gasteiger partial charge in [0.25, 0.3) is 0 Å². The van der Waals surface area contributed by atoms with Gasteiger partial charge in [-0.15, -0.1) is 10.2 Å². The number of nitrogens with one attached hydrogen (secondary N) is 1. The Morgan fingerprint density at radius 2 is 1.88 bits per heavy atom. The predicted molar refractivity (Wildman–Crippen MR) is 130 cm³/mol. The summed E-state index contributed by atoms with van der Waals surface area (Å²) in [7, 11) is 0. The molecule has 1 atom stereocenters. The number of imidazole rings is 1. The number of tetrazole rings is 1. The summed E-state index contributed by atoms with van der Waals surface area (Å²) in [5.41, 5.74) is 9.45. The number of hydrogen-bond acceptors (Lipinski definition) is 6. The zero-order valence-corrected chi connectivity index (χ0v) is 19.6. The molecule has 8 heteroatoms. The molecular weight excluding hydrogens is 424 g/mol. The largest absolute Gasteiger partial charge is 0.305 e. The molecule has 0 fully saturated rings. The van der Waals surface area contributed by atoms with Crippen LogP contribution in [0.4, 0.5) is 0 Å². The third-order valence-electron chi connectivity index (χ3n) is 6.72. The Labute approximate surface area is 197 Å². The molecule has 0 spiro atoms. The maximum absolute atomic E-state index is 5.14. The summed E-state index contributed by atoms with van der Waals surface area (Å²) < 4.78 is 2.36. The van der Waals surface area contributed by atoms with E-state index in [9.17, 15) is 0 Å². The number of fused-ring (bicyclic) bond motifs is 2. The highest BCUT2D eigenvalue weighted by molar-refractivity contribution is 5.79. The van der Waals surface area contributed by atoms with E-state index in [1.807, 2.05) is 18.2 Å². The molecule has 0 bridgehead atoms. The number of pyridine rings is 2. The third-order valence-corrected chi connectivity index (χ3v) is 6.72. The molecule has 6 rings (SSSR count). The standard InChI is InChI=1S/C26H26N8/c1-4-23-29-24-15(2)14-16(3)27-26(24)34(23)22-11-7-10-20-19(22)12-13-21(28-20)17-8-5-6-9-18(17)25-30-32-33-31-25/h5-6,8-9,12-14,22H,4,7,10-11H2,1-3H3,(H,30,31,32,33). The molecule has 5 aromatic rings. The van der Waals surface area contributed by atoms with Gasteiger partial charge in [0.05, 0.1) is 11.7 Å². The van der Waals surface area contributed by atoms with Gasteiger partial charge in [-0.1, -0.05) is 37.3 Å². The normalized spacial score (nSPS) is 15.6. The first-order valence-corrected chi connectivity index (χ1v) is 11.8. The van der Waals surface area contributed by atoms with Crippen molar-refractivity contribution in [1.82, 2.24) is 40.1 Å². The summed E-state index contributed by atoms with van der Waals surface area (Å²) >= 11 is 0. The topological polar surface area (TPSA) is 98.1 Å². The van der Waals surface area contributed by atoms with Crippen LogP contribution in [0.2, 0.25) is 0 Å². The first-order chi connectivity index (χ1) is 16.6. The second kappa shape index (κ2) is 8.13. The van der Waals surface area contributed by atoms with Gasteiger partial charge in [-0.25, -0.2) is 9.97 Å². The number of benzene rings is 1. The number of aromatic amines is 1. The Morgan fingerprint density at radius 3 is 2.68 bits per heavy atom. The van der Waals surface area contributed by atoms with Crippen molar-refractivity contribution in [1.29, 1.82) is 0 Å².